The average Bonchev–Trinajstić information content (AvgIpc) is 2.37. The van der Waals surface area contributed by atoms with E-state index in [0.717, 1.165) is 0 Å². The SMILES string of the molecule is O=C([O-])c1ccccc1C(=O)N(CCO)CCO.[Na+]. The number of hydrogen-bond donors (Lipinski definition) is 2. The third-order valence-electron chi connectivity index (χ3n) is 2.40. The Kier molecular flexibility index (Phi) is 8.62. The van der Waals surface area contributed by atoms with Gasteiger partial charge in [-0.2, -0.15) is 0 Å². The van der Waals surface area contributed by atoms with Crippen LogP contribution in [0.1, 0.15) is 20.7 Å². The molecule has 0 heterocycles. The first kappa shape index (κ1) is 18.1. The number of aliphatic hydroxyl groups excluding tert-OH is 2. The van der Waals surface area contributed by atoms with E-state index in [9.17, 15) is 14.7 Å². The number of rotatable bonds is 6. The van der Waals surface area contributed by atoms with Gasteiger partial charge in [-0.3, -0.25) is 4.79 Å². The average molecular weight is 275 g/mol. The maximum absolute atomic E-state index is 12.1. The van der Waals surface area contributed by atoms with Crippen LogP contribution in [0.25, 0.3) is 0 Å². The first-order valence-corrected chi connectivity index (χ1v) is 5.43. The smallest absolute Gasteiger partial charge is 0.545 e. The number of hydrogen-bond acceptors (Lipinski definition) is 5. The van der Waals surface area contributed by atoms with Crippen LogP contribution in [0, 0.1) is 0 Å². The van der Waals surface area contributed by atoms with Crippen molar-refractivity contribution >= 4 is 11.9 Å². The fraction of sp³-hybridized carbons (Fsp3) is 0.333. The molecule has 7 heteroatoms. The van der Waals surface area contributed by atoms with Crippen molar-refractivity contribution in [3.63, 3.8) is 0 Å². The van der Waals surface area contributed by atoms with Crippen LogP contribution in [0.4, 0.5) is 0 Å². The topological polar surface area (TPSA) is 101 Å². The maximum atomic E-state index is 12.1. The number of benzene rings is 1. The van der Waals surface area contributed by atoms with Gasteiger partial charge in [-0.15, -0.1) is 0 Å². The minimum absolute atomic E-state index is 0. The molecule has 0 saturated heterocycles. The van der Waals surface area contributed by atoms with Crippen molar-refractivity contribution in [2.45, 2.75) is 0 Å². The quantitative estimate of drug-likeness (QED) is 0.509. The van der Waals surface area contributed by atoms with Crippen molar-refractivity contribution in [3.8, 4) is 0 Å². The fourth-order valence-corrected chi connectivity index (χ4v) is 1.57. The van der Waals surface area contributed by atoms with Gasteiger partial charge in [0.25, 0.3) is 5.91 Å². The molecule has 0 saturated carbocycles. The second-order valence-corrected chi connectivity index (χ2v) is 3.57. The van der Waals surface area contributed by atoms with Crippen molar-refractivity contribution in [1.29, 1.82) is 0 Å². The zero-order chi connectivity index (χ0) is 13.5. The molecular weight excluding hydrogens is 261 g/mol. The molecule has 19 heavy (non-hydrogen) atoms. The Morgan fingerprint density at radius 3 is 1.95 bits per heavy atom. The predicted octanol–water partition coefficient (Wildman–Crippen LogP) is -4.52. The molecule has 0 atom stereocenters. The number of aliphatic hydroxyl groups is 2. The fourth-order valence-electron chi connectivity index (χ4n) is 1.57. The first-order chi connectivity index (χ1) is 8.61. The summed E-state index contributed by atoms with van der Waals surface area (Å²) in [6.45, 7) is -0.472. The van der Waals surface area contributed by atoms with E-state index in [0.29, 0.717) is 0 Å². The van der Waals surface area contributed by atoms with Crippen LogP contribution in [0.15, 0.2) is 24.3 Å². The van der Waals surface area contributed by atoms with Crippen LogP contribution in [0.3, 0.4) is 0 Å². The number of carboxylic acids is 1. The van der Waals surface area contributed by atoms with Gasteiger partial charge in [0.1, 0.15) is 0 Å². The first-order valence-electron chi connectivity index (χ1n) is 5.43. The van der Waals surface area contributed by atoms with E-state index in [1.165, 1.54) is 29.2 Å². The van der Waals surface area contributed by atoms with Gasteiger partial charge in [-0.05, 0) is 6.07 Å². The molecule has 1 aromatic carbocycles. The van der Waals surface area contributed by atoms with Crippen molar-refractivity contribution in [2.24, 2.45) is 0 Å². The van der Waals surface area contributed by atoms with Crippen LogP contribution in [0.2, 0.25) is 0 Å². The Hall–Kier alpha value is -0.920. The largest absolute Gasteiger partial charge is 1.00 e. The summed E-state index contributed by atoms with van der Waals surface area (Å²) in [5.41, 5.74) is -0.220. The van der Waals surface area contributed by atoms with Crippen LogP contribution in [0.5, 0.6) is 0 Å². The molecule has 0 aliphatic carbocycles. The van der Waals surface area contributed by atoms with E-state index in [1.54, 1.807) is 0 Å². The van der Waals surface area contributed by atoms with Crippen LogP contribution in [-0.2, 0) is 0 Å². The Morgan fingerprint density at radius 1 is 1.05 bits per heavy atom. The Labute approximate surface area is 133 Å². The van der Waals surface area contributed by atoms with Crippen LogP contribution in [-0.4, -0.2) is 53.3 Å². The zero-order valence-electron chi connectivity index (χ0n) is 10.7. The summed E-state index contributed by atoms with van der Waals surface area (Å²) < 4.78 is 0. The minimum Gasteiger partial charge on any atom is -0.545 e. The monoisotopic (exact) mass is 275 g/mol. The van der Waals surface area contributed by atoms with Gasteiger partial charge < -0.3 is 25.0 Å². The molecule has 1 amide bonds. The molecule has 2 N–H and O–H groups in total. The van der Waals surface area contributed by atoms with E-state index in [4.69, 9.17) is 10.2 Å². The van der Waals surface area contributed by atoms with E-state index in [-0.39, 0.29) is 67.0 Å². The molecule has 0 aromatic heterocycles. The third-order valence-corrected chi connectivity index (χ3v) is 2.40. The normalized spacial score (nSPS) is 9.58. The molecule has 0 fully saturated rings. The van der Waals surface area contributed by atoms with Crippen molar-refractivity contribution in [3.05, 3.63) is 35.4 Å². The van der Waals surface area contributed by atoms with Crippen LogP contribution >= 0.6 is 0 Å². The van der Waals surface area contributed by atoms with E-state index >= 15 is 0 Å². The summed E-state index contributed by atoms with van der Waals surface area (Å²) in [6.07, 6.45) is 0. The number of amides is 1. The van der Waals surface area contributed by atoms with Gasteiger partial charge in [0.2, 0.25) is 0 Å². The van der Waals surface area contributed by atoms with Crippen LogP contribution < -0.4 is 34.7 Å². The number of nitrogens with zero attached hydrogens (tertiary/aromatic N) is 1. The second kappa shape index (κ2) is 9.06. The molecular formula is C12H14NNaO5. The Morgan fingerprint density at radius 2 is 1.53 bits per heavy atom. The Bertz CT molecular complexity index is 432. The van der Waals surface area contributed by atoms with Crippen molar-refractivity contribution in [1.82, 2.24) is 4.90 Å². The number of carboxylic acid groups (broad SMARTS) is 1. The molecule has 1 rings (SSSR count). The Balaban J connectivity index is 0.00000324. The molecule has 6 nitrogen and oxygen atoms in total. The van der Waals surface area contributed by atoms with Gasteiger partial charge in [0.05, 0.1) is 19.2 Å². The van der Waals surface area contributed by atoms with Crippen molar-refractivity contribution in [2.75, 3.05) is 26.3 Å². The molecule has 0 aliphatic rings. The molecule has 0 radical (unpaired) electrons. The summed E-state index contributed by atoms with van der Waals surface area (Å²) >= 11 is 0. The number of aromatic carboxylic acids is 1. The van der Waals surface area contributed by atoms with E-state index in [1.807, 2.05) is 0 Å². The third kappa shape index (κ3) is 4.93. The summed E-state index contributed by atoms with van der Waals surface area (Å²) in [5.74, 6) is -2.00. The van der Waals surface area contributed by atoms with Gasteiger partial charge in [0, 0.05) is 24.2 Å². The van der Waals surface area contributed by atoms with Gasteiger partial charge in [0.15, 0.2) is 0 Å². The standard InChI is InChI=1S/C12H15NO5.Na/c14-7-5-13(6-8-15)11(16)9-3-1-2-4-10(9)12(17)18;/h1-4,14-15H,5-8H2,(H,17,18);/q;+1/p-1. The number of carbonyl (C=O) groups excluding carboxylic acids is 2. The summed E-state index contributed by atoms with van der Waals surface area (Å²) in [4.78, 5) is 24.1. The second-order valence-electron chi connectivity index (χ2n) is 3.57. The minimum atomic E-state index is -1.44. The van der Waals surface area contributed by atoms with Gasteiger partial charge in [-0.1, -0.05) is 18.2 Å². The van der Waals surface area contributed by atoms with Crippen molar-refractivity contribution < 1.29 is 54.5 Å². The zero-order valence-corrected chi connectivity index (χ0v) is 12.7. The summed E-state index contributed by atoms with van der Waals surface area (Å²) in [6, 6.07) is 5.67. The van der Waals surface area contributed by atoms with E-state index < -0.39 is 11.9 Å². The van der Waals surface area contributed by atoms with Gasteiger partial charge >= 0.3 is 29.6 Å². The van der Waals surface area contributed by atoms with Gasteiger partial charge in [-0.25, -0.2) is 0 Å². The molecule has 1 aromatic rings. The molecule has 0 aliphatic heterocycles. The molecule has 98 valence electrons. The predicted molar refractivity (Wildman–Crippen MR) is 60.8 cm³/mol. The maximum Gasteiger partial charge on any atom is 1.00 e. The molecule has 0 bridgehead atoms. The molecule has 0 spiro atoms. The summed E-state index contributed by atoms with van der Waals surface area (Å²) in [7, 11) is 0. The summed E-state index contributed by atoms with van der Waals surface area (Å²) in [5, 5.41) is 28.6. The van der Waals surface area contributed by atoms with E-state index in [2.05, 4.69) is 0 Å². The number of carbonyl (C=O) groups is 2. The molecule has 0 unspecified atom stereocenters.